The molecule has 0 radical (unpaired) electrons. The molecule has 1 saturated heterocycles. The average Bonchev–Trinajstić information content (AvgIpc) is 3.15. The third-order valence-corrected chi connectivity index (χ3v) is 4.61. The first kappa shape index (κ1) is 21.4. The van der Waals surface area contributed by atoms with Gasteiger partial charge in [-0.3, -0.25) is 23.7 Å². The number of carbonyl (C=O) groups is 3. The molecule has 0 spiro atoms. The van der Waals surface area contributed by atoms with Crippen molar-refractivity contribution in [3.8, 4) is 0 Å². The van der Waals surface area contributed by atoms with Gasteiger partial charge in [-0.2, -0.15) is 4.98 Å². The Morgan fingerprint density at radius 1 is 1.07 bits per heavy atom. The van der Waals surface area contributed by atoms with E-state index in [9.17, 15) is 19.2 Å². The van der Waals surface area contributed by atoms with Crippen molar-refractivity contribution in [3.63, 3.8) is 0 Å². The molecule has 12 nitrogen and oxygen atoms in total. The molecule has 1 fully saturated rings. The lowest BCUT2D eigenvalue weighted by Gasteiger charge is -2.22. The van der Waals surface area contributed by atoms with Crippen molar-refractivity contribution < 1.29 is 37.9 Å². The van der Waals surface area contributed by atoms with Crippen molar-refractivity contribution in [1.82, 2.24) is 14.1 Å². The molecule has 4 atom stereocenters. The number of aromatic nitrogens is 4. The van der Waals surface area contributed by atoms with Crippen LogP contribution >= 0.6 is 0 Å². The summed E-state index contributed by atoms with van der Waals surface area (Å²) >= 11 is 0. The van der Waals surface area contributed by atoms with Gasteiger partial charge < -0.3 is 18.9 Å². The van der Waals surface area contributed by atoms with E-state index < -0.39 is 48.0 Å². The predicted molar refractivity (Wildman–Crippen MR) is 97.8 cm³/mol. The molecule has 1 aliphatic heterocycles. The van der Waals surface area contributed by atoms with Gasteiger partial charge in [0.15, 0.2) is 24.9 Å². The summed E-state index contributed by atoms with van der Waals surface area (Å²) in [7, 11) is 3.36. The minimum absolute atomic E-state index is 0.215. The van der Waals surface area contributed by atoms with Crippen LogP contribution < -0.4 is 10.1 Å². The first-order valence-electron chi connectivity index (χ1n) is 9.15. The molecule has 3 rings (SSSR count). The summed E-state index contributed by atoms with van der Waals surface area (Å²) in [5, 5.41) is 0. The molecule has 0 aromatic carbocycles. The summed E-state index contributed by atoms with van der Waals surface area (Å²) in [5.74, 6) is -1.78. The lowest BCUT2D eigenvalue weighted by Crippen LogP contribution is -2.49. The van der Waals surface area contributed by atoms with Crippen molar-refractivity contribution in [2.24, 2.45) is 14.1 Å². The van der Waals surface area contributed by atoms with Gasteiger partial charge in [-0.25, -0.2) is 9.13 Å². The fraction of sp³-hybridized carbons (Fsp3) is 0.556. The topological polar surface area (TPSA) is 132 Å². The van der Waals surface area contributed by atoms with E-state index in [-0.39, 0.29) is 6.61 Å². The van der Waals surface area contributed by atoms with Crippen LogP contribution in [0.15, 0.2) is 17.4 Å². The zero-order valence-electron chi connectivity index (χ0n) is 17.2. The molecule has 0 unspecified atom stereocenters. The first-order valence-corrected chi connectivity index (χ1v) is 9.15. The molecule has 12 heteroatoms. The second-order valence-corrected chi connectivity index (χ2v) is 6.98. The highest BCUT2D eigenvalue weighted by molar-refractivity contribution is 5.68. The van der Waals surface area contributed by atoms with Crippen LogP contribution in [0.4, 0.5) is 0 Å². The van der Waals surface area contributed by atoms with E-state index in [4.69, 9.17) is 18.9 Å². The van der Waals surface area contributed by atoms with Crippen LogP contribution in [0.1, 0.15) is 27.0 Å². The van der Waals surface area contributed by atoms with Crippen LogP contribution in [-0.4, -0.2) is 56.9 Å². The van der Waals surface area contributed by atoms with E-state index in [1.165, 1.54) is 27.1 Å². The molecular formula is C18H23N4O8+. The highest BCUT2D eigenvalue weighted by Gasteiger charge is 2.53. The van der Waals surface area contributed by atoms with Crippen LogP contribution in [0.25, 0.3) is 11.2 Å². The Kier molecular flexibility index (Phi) is 5.87. The lowest BCUT2D eigenvalue weighted by atomic mass is 10.1. The Morgan fingerprint density at radius 3 is 2.30 bits per heavy atom. The summed E-state index contributed by atoms with van der Waals surface area (Å²) < 4.78 is 26.6. The van der Waals surface area contributed by atoms with Gasteiger partial charge in [0.1, 0.15) is 12.7 Å². The Balaban J connectivity index is 2.12. The Hall–Kier alpha value is -3.28. The second kappa shape index (κ2) is 8.22. The minimum atomic E-state index is -1.05. The maximum atomic E-state index is 12.3. The van der Waals surface area contributed by atoms with Crippen LogP contribution in [0, 0.1) is 0 Å². The zero-order valence-corrected chi connectivity index (χ0v) is 17.2. The molecule has 1 aliphatic rings. The van der Waals surface area contributed by atoms with Crippen molar-refractivity contribution in [2.45, 2.75) is 45.3 Å². The molecule has 0 bridgehead atoms. The minimum Gasteiger partial charge on any atom is -0.463 e. The quantitative estimate of drug-likeness (QED) is 0.333. The Morgan fingerprint density at radius 2 is 1.70 bits per heavy atom. The van der Waals surface area contributed by atoms with Gasteiger partial charge in [0, 0.05) is 20.8 Å². The molecule has 2 aromatic rings. The normalized spacial score (nSPS) is 23.4. The smallest absolute Gasteiger partial charge is 0.318 e. The summed E-state index contributed by atoms with van der Waals surface area (Å²) in [6.45, 7) is 3.45. The number of esters is 3. The van der Waals surface area contributed by atoms with Crippen LogP contribution in [0.5, 0.6) is 0 Å². The molecule has 30 heavy (non-hydrogen) atoms. The number of hydrogen-bond acceptors (Lipinski definition) is 9. The van der Waals surface area contributed by atoms with Gasteiger partial charge in [-0.1, -0.05) is 0 Å². The molecule has 0 saturated carbocycles. The maximum Gasteiger partial charge on any atom is 0.318 e. The predicted octanol–water partition coefficient (Wildman–Crippen LogP) is -1.12. The highest BCUT2D eigenvalue weighted by Crippen LogP contribution is 2.32. The molecule has 0 aliphatic carbocycles. The molecule has 0 N–H and O–H groups in total. The molecular weight excluding hydrogens is 400 g/mol. The maximum absolute atomic E-state index is 12.3. The van der Waals surface area contributed by atoms with Gasteiger partial charge in [0.05, 0.1) is 14.1 Å². The van der Waals surface area contributed by atoms with Crippen LogP contribution in [0.2, 0.25) is 0 Å². The van der Waals surface area contributed by atoms with Crippen LogP contribution in [0.3, 0.4) is 0 Å². The first-order chi connectivity index (χ1) is 14.1. The van der Waals surface area contributed by atoms with Gasteiger partial charge >= 0.3 is 23.5 Å². The number of rotatable bonds is 5. The van der Waals surface area contributed by atoms with Crippen LogP contribution in [-0.2, 0) is 47.4 Å². The van der Waals surface area contributed by atoms with Crippen molar-refractivity contribution >= 4 is 29.1 Å². The van der Waals surface area contributed by atoms with Gasteiger partial charge in [-0.15, -0.1) is 0 Å². The Labute approximate surface area is 170 Å². The van der Waals surface area contributed by atoms with Gasteiger partial charge in [0.25, 0.3) is 5.65 Å². The molecule has 3 heterocycles. The molecule has 162 valence electrons. The van der Waals surface area contributed by atoms with E-state index >= 15 is 0 Å². The zero-order chi connectivity index (χ0) is 22.2. The summed E-state index contributed by atoms with van der Waals surface area (Å²) in [4.78, 5) is 50.8. The number of hydrogen-bond donors (Lipinski definition) is 0. The van der Waals surface area contributed by atoms with Crippen molar-refractivity contribution in [2.75, 3.05) is 6.61 Å². The van der Waals surface area contributed by atoms with Gasteiger partial charge in [-0.05, 0) is 0 Å². The van der Waals surface area contributed by atoms with E-state index in [2.05, 4.69) is 4.98 Å². The second-order valence-electron chi connectivity index (χ2n) is 6.98. The number of fused-ring (bicyclic) bond motifs is 1. The molecule has 2 aromatic heterocycles. The van der Waals surface area contributed by atoms with E-state index in [0.29, 0.717) is 11.2 Å². The number of carbonyl (C=O) groups excluding carboxylic acids is 3. The third-order valence-electron chi connectivity index (χ3n) is 4.61. The SMILES string of the molecule is CC(=O)OC[C@H]1O[C@@H]([n+]2cn(C)c3c(=O)ncn(C)c32)[C@H](OC(C)=O)[C@@H]1OC(C)=O. The third kappa shape index (κ3) is 4.03. The molecule has 0 amide bonds. The number of ether oxygens (including phenoxy) is 4. The van der Waals surface area contributed by atoms with Crippen molar-refractivity contribution in [1.29, 1.82) is 0 Å². The largest absolute Gasteiger partial charge is 0.463 e. The fourth-order valence-electron chi connectivity index (χ4n) is 3.53. The highest BCUT2D eigenvalue weighted by atomic mass is 16.7. The van der Waals surface area contributed by atoms with Gasteiger partial charge in [0.2, 0.25) is 11.7 Å². The number of nitrogens with zero attached hydrogens (tertiary/aromatic N) is 4. The Bertz CT molecular complexity index is 1060. The van der Waals surface area contributed by atoms with Crippen molar-refractivity contribution in [3.05, 3.63) is 23.0 Å². The summed E-state index contributed by atoms with van der Waals surface area (Å²) in [6.07, 6.45) is -0.988. The summed E-state index contributed by atoms with van der Waals surface area (Å²) in [5.41, 5.74) is 0.311. The average molecular weight is 423 g/mol. The monoisotopic (exact) mass is 423 g/mol. The van der Waals surface area contributed by atoms with E-state index in [0.717, 1.165) is 0 Å². The fourth-order valence-corrected chi connectivity index (χ4v) is 3.53. The van der Waals surface area contributed by atoms with E-state index in [1.807, 2.05) is 0 Å². The number of imidazole rings is 1. The standard InChI is InChI=1S/C18H23N4O8/c1-9(23)27-6-12-14(28-10(2)24)15(29-11(3)25)18(30-12)22-8-21(5)13-16(26)19-7-20(4)17(13)22/h7-8,12,14-15,18H,6H2,1-5H3/q+1/t12-,14-,15-,18-/m1/s1. The lowest BCUT2D eigenvalue weighted by molar-refractivity contribution is -0.746. The number of aryl methyl sites for hydroxylation is 2. The summed E-state index contributed by atoms with van der Waals surface area (Å²) in [6, 6.07) is 0. The van der Waals surface area contributed by atoms with E-state index in [1.54, 1.807) is 34.1 Å².